The third kappa shape index (κ3) is 0.655. The smallest absolute Gasteiger partial charge is 0.335 e. The summed E-state index contributed by atoms with van der Waals surface area (Å²) in [5.41, 5.74) is -0.860. The first kappa shape index (κ1) is 7.50. The molecule has 1 unspecified atom stereocenters. The highest BCUT2D eigenvalue weighted by atomic mass is 16.5. The first-order valence-corrected chi connectivity index (χ1v) is 3.88. The molecule has 0 amide bonds. The van der Waals surface area contributed by atoms with E-state index in [0.717, 1.165) is 12.8 Å². The zero-order chi connectivity index (χ0) is 8.82. The van der Waals surface area contributed by atoms with Gasteiger partial charge in [-0.05, 0) is 19.3 Å². The Morgan fingerprint density at radius 3 is 2.58 bits per heavy atom. The van der Waals surface area contributed by atoms with Crippen molar-refractivity contribution >= 4 is 12.0 Å². The number of hydrogen-bond acceptors (Lipinski definition) is 4. The molecule has 0 aromatic rings. The van der Waals surface area contributed by atoms with Gasteiger partial charge in [0.1, 0.15) is 0 Å². The van der Waals surface area contributed by atoms with Gasteiger partial charge in [-0.1, -0.05) is 0 Å². The Bertz CT molecular complexity index is 289. The number of esters is 1. The van der Waals surface area contributed by atoms with Crippen LogP contribution in [0.3, 0.4) is 0 Å². The number of methoxy groups -OCH3 is 1. The van der Waals surface area contributed by atoms with Crippen LogP contribution in [0.4, 0.5) is 0 Å². The van der Waals surface area contributed by atoms with E-state index in [0.29, 0.717) is 6.42 Å². The van der Waals surface area contributed by atoms with Crippen LogP contribution in [0.15, 0.2) is 4.99 Å². The highest BCUT2D eigenvalue weighted by Crippen LogP contribution is 2.75. The predicted molar refractivity (Wildman–Crippen MR) is 39.2 cm³/mol. The molecule has 2 rings (SSSR count). The molecule has 64 valence electrons. The largest absolute Gasteiger partial charge is 0.467 e. The number of carbonyl (C=O) groups excluding carboxylic acids is 2. The van der Waals surface area contributed by atoms with Crippen molar-refractivity contribution in [3.8, 4) is 0 Å². The van der Waals surface area contributed by atoms with Crippen molar-refractivity contribution in [2.45, 2.75) is 24.8 Å². The van der Waals surface area contributed by atoms with Gasteiger partial charge < -0.3 is 4.74 Å². The SMILES string of the molecule is COC(=O)C1(N=C=O)CC12CC2. The van der Waals surface area contributed by atoms with Gasteiger partial charge in [-0.15, -0.1) is 0 Å². The Morgan fingerprint density at radius 1 is 1.58 bits per heavy atom. The van der Waals surface area contributed by atoms with Crippen molar-refractivity contribution in [3.63, 3.8) is 0 Å². The van der Waals surface area contributed by atoms with Crippen molar-refractivity contribution in [1.82, 2.24) is 0 Å². The van der Waals surface area contributed by atoms with Gasteiger partial charge in [-0.2, -0.15) is 4.99 Å². The number of hydrogen-bond donors (Lipinski definition) is 0. The molecule has 0 radical (unpaired) electrons. The van der Waals surface area contributed by atoms with Crippen molar-refractivity contribution in [1.29, 1.82) is 0 Å². The highest BCUT2D eigenvalue weighted by molar-refractivity contribution is 5.88. The van der Waals surface area contributed by atoms with E-state index in [4.69, 9.17) is 0 Å². The average Bonchev–Trinajstić information content (AvgIpc) is 2.94. The van der Waals surface area contributed by atoms with Crippen molar-refractivity contribution in [2.24, 2.45) is 10.4 Å². The summed E-state index contributed by atoms with van der Waals surface area (Å²) in [5, 5.41) is 0. The zero-order valence-corrected chi connectivity index (χ0v) is 6.79. The van der Waals surface area contributed by atoms with Crippen molar-refractivity contribution in [2.75, 3.05) is 7.11 Å². The molecule has 2 aliphatic carbocycles. The van der Waals surface area contributed by atoms with Gasteiger partial charge in [0.15, 0.2) is 5.54 Å². The molecule has 0 N–H and O–H groups in total. The summed E-state index contributed by atoms with van der Waals surface area (Å²) in [4.78, 5) is 24.9. The van der Waals surface area contributed by atoms with Crippen LogP contribution in [0, 0.1) is 5.41 Å². The quantitative estimate of drug-likeness (QED) is 0.340. The van der Waals surface area contributed by atoms with Crippen LogP contribution >= 0.6 is 0 Å². The van der Waals surface area contributed by atoms with Crippen LogP contribution in [-0.2, 0) is 14.3 Å². The molecular weight excluding hydrogens is 158 g/mol. The van der Waals surface area contributed by atoms with E-state index in [1.807, 2.05) is 0 Å². The molecule has 1 atom stereocenters. The van der Waals surface area contributed by atoms with Gasteiger partial charge in [-0.3, -0.25) is 0 Å². The summed E-state index contributed by atoms with van der Waals surface area (Å²) in [5.74, 6) is -0.386. The molecule has 2 saturated carbocycles. The van der Waals surface area contributed by atoms with Gasteiger partial charge in [0.25, 0.3) is 0 Å². The summed E-state index contributed by atoms with van der Waals surface area (Å²) in [7, 11) is 1.32. The lowest BCUT2D eigenvalue weighted by Gasteiger charge is -2.05. The molecule has 4 heteroatoms. The van der Waals surface area contributed by atoms with Crippen LogP contribution in [0.5, 0.6) is 0 Å². The number of aliphatic imine (C=N–C) groups is 1. The Kier molecular flexibility index (Phi) is 1.22. The van der Waals surface area contributed by atoms with Gasteiger partial charge in [-0.25, -0.2) is 9.59 Å². The maximum absolute atomic E-state index is 11.2. The average molecular weight is 167 g/mol. The van der Waals surface area contributed by atoms with Crippen LogP contribution in [0.1, 0.15) is 19.3 Å². The fourth-order valence-corrected chi connectivity index (χ4v) is 1.93. The summed E-state index contributed by atoms with van der Waals surface area (Å²) in [6, 6.07) is 0. The number of rotatable bonds is 2. The molecule has 2 aliphatic rings. The minimum atomic E-state index is -0.844. The minimum Gasteiger partial charge on any atom is -0.467 e. The first-order chi connectivity index (χ1) is 5.71. The topological polar surface area (TPSA) is 55.7 Å². The molecule has 12 heavy (non-hydrogen) atoms. The summed E-state index contributed by atoms with van der Waals surface area (Å²) >= 11 is 0. The normalized spacial score (nSPS) is 33.8. The molecule has 0 bridgehead atoms. The number of carbonyl (C=O) groups is 1. The molecule has 0 heterocycles. The third-order valence-electron chi connectivity index (χ3n) is 2.96. The molecule has 0 saturated heterocycles. The van der Waals surface area contributed by atoms with Gasteiger partial charge in [0.05, 0.1) is 7.11 Å². The molecule has 0 aromatic heterocycles. The van der Waals surface area contributed by atoms with Crippen molar-refractivity contribution < 1.29 is 14.3 Å². The van der Waals surface area contributed by atoms with Gasteiger partial charge in [0, 0.05) is 5.41 Å². The Morgan fingerprint density at radius 2 is 2.25 bits per heavy atom. The van der Waals surface area contributed by atoms with Crippen molar-refractivity contribution in [3.05, 3.63) is 0 Å². The third-order valence-corrected chi connectivity index (χ3v) is 2.96. The lowest BCUT2D eigenvalue weighted by molar-refractivity contribution is -0.143. The second kappa shape index (κ2) is 1.96. The Balaban J connectivity index is 2.26. The second-order valence-corrected chi connectivity index (χ2v) is 3.51. The Labute approximate surface area is 69.6 Å². The minimum absolute atomic E-state index is 0.0164. The Hall–Kier alpha value is -1.15. The van der Waals surface area contributed by atoms with E-state index in [1.165, 1.54) is 13.2 Å². The van der Waals surface area contributed by atoms with Crippen LogP contribution in [-0.4, -0.2) is 24.7 Å². The van der Waals surface area contributed by atoms with E-state index in [2.05, 4.69) is 9.73 Å². The lowest BCUT2D eigenvalue weighted by atomic mass is 10.2. The maximum atomic E-state index is 11.2. The van der Waals surface area contributed by atoms with Crippen LogP contribution < -0.4 is 0 Å². The first-order valence-electron chi connectivity index (χ1n) is 3.88. The number of nitrogens with zero attached hydrogens (tertiary/aromatic N) is 1. The zero-order valence-electron chi connectivity index (χ0n) is 6.79. The van der Waals surface area contributed by atoms with E-state index in [1.54, 1.807) is 0 Å². The highest BCUT2D eigenvalue weighted by Gasteiger charge is 2.79. The predicted octanol–water partition coefficient (Wildman–Crippen LogP) is 0.418. The molecule has 4 nitrogen and oxygen atoms in total. The van der Waals surface area contributed by atoms with E-state index in [-0.39, 0.29) is 11.4 Å². The molecule has 0 aliphatic heterocycles. The fraction of sp³-hybridized carbons (Fsp3) is 0.750. The molecule has 0 aromatic carbocycles. The second-order valence-electron chi connectivity index (χ2n) is 3.51. The summed E-state index contributed by atoms with van der Waals surface area (Å²) in [6.07, 6.45) is 4.08. The van der Waals surface area contributed by atoms with Crippen LogP contribution in [0.2, 0.25) is 0 Å². The maximum Gasteiger partial charge on any atom is 0.335 e. The summed E-state index contributed by atoms with van der Waals surface area (Å²) < 4.78 is 4.59. The number of ether oxygens (including phenoxy) is 1. The van der Waals surface area contributed by atoms with Gasteiger partial charge >= 0.3 is 5.97 Å². The molecule has 1 spiro atoms. The van der Waals surface area contributed by atoms with E-state index in [9.17, 15) is 9.59 Å². The van der Waals surface area contributed by atoms with Gasteiger partial charge in [0.2, 0.25) is 6.08 Å². The monoisotopic (exact) mass is 167 g/mol. The van der Waals surface area contributed by atoms with E-state index >= 15 is 0 Å². The fourth-order valence-electron chi connectivity index (χ4n) is 1.93. The van der Waals surface area contributed by atoms with Crippen LogP contribution in [0.25, 0.3) is 0 Å². The summed E-state index contributed by atoms with van der Waals surface area (Å²) in [6.45, 7) is 0. The molecule has 2 fully saturated rings. The van der Waals surface area contributed by atoms with E-state index < -0.39 is 5.54 Å². The lowest BCUT2D eigenvalue weighted by Crippen LogP contribution is -2.24. The number of isocyanates is 1. The standard InChI is InChI=1S/C8H9NO3/c1-12-6(11)8(9-5-10)4-7(8)2-3-7/h2-4H2,1H3. The molecular formula is C8H9NO3.